The number of nitrogens with zero attached hydrogens (tertiary/aromatic N) is 5. The Kier molecular flexibility index (Phi) is 4.52. The summed E-state index contributed by atoms with van der Waals surface area (Å²) in [4.78, 5) is 27.8. The molecule has 3 rings (SSSR count). The van der Waals surface area contributed by atoms with Crippen LogP contribution >= 0.6 is 0 Å². The lowest BCUT2D eigenvalue weighted by atomic mass is 10.1. The van der Waals surface area contributed by atoms with Gasteiger partial charge in [-0.3, -0.25) is 4.79 Å². The van der Waals surface area contributed by atoms with Crippen LogP contribution in [-0.4, -0.2) is 30.6 Å². The van der Waals surface area contributed by atoms with Crippen LogP contribution in [0.4, 0.5) is 22.9 Å². The monoisotopic (exact) mass is 336 g/mol. The van der Waals surface area contributed by atoms with Gasteiger partial charge in [0.2, 0.25) is 0 Å². The fourth-order valence-corrected chi connectivity index (χ4v) is 2.83. The zero-order valence-electron chi connectivity index (χ0n) is 14.4. The van der Waals surface area contributed by atoms with Crippen LogP contribution in [-0.2, 0) is 0 Å². The van der Waals surface area contributed by atoms with E-state index in [1.807, 2.05) is 42.1 Å². The zero-order chi connectivity index (χ0) is 18.0. The number of nitriles is 1. The number of unbranched alkanes of at least 4 members (excludes halogenated alkanes) is 2. The molecule has 7 heteroatoms. The van der Waals surface area contributed by atoms with E-state index in [-0.39, 0.29) is 5.56 Å². The number of hydrogen-bond acceptors (Lipinski definition) is 6. The molecule has 1 aliphatic heterocycles. The average Bonchev–Trinajstić information content (AvgIpc) is 2.58. The van der Waals surface area contributed by atoms with Crippen molar-refractivity contribution in [2.75, 3.05) is 30.4 Å². The molecule has 7 nitrogen and oxygen atoms in total. The number of benzene rings is 1. The second-order valence-electron chi connectivity index (χ2n) is 6.13. The first-order chi connectivity index (χ1) is 12.0. The minimum atomic E-state index is -0.292. The molecule has 25 heavy (non-hydrogen) atoms. The van der Waals surface area contributed by atoms with Crippen LogP contribution in [0.15, 0.2) is 28.0 Å². The van der Waals surface area contributed by atoms with Gasteiger partial charge in [-0.05, 0) is 31.0 Å². The fourth-order valence-electron chi connectivity index (χ4n) is 2.83. The van der Waals surface area contributed by atoms with E-state index in [0.717, 1.165) is 29.9 Å². The van der Waals surface area contributed by atoms with Crippen LogP contribution in [0.3, 0.4) is 0 Å². The van der Waals surface area contributed by atoms with Gasteiger partial charge in [0.15, 0.2) is 11.2 Å². The molecule has 2 aromatic rings. The highest BCUT2D eigenvalue weighted by Crippen LogP contribution is 2.37. The average molecular weight is 336 g/mol. The molecule has 0 fully saturated rings. The van der Waals surface area contributed by atoms with Crippen LogP contribution in [0.25, 0.3) is 6.58 Å². The van der Waals surface area contributed by atoms with Crippen LogP contribution in [0.5, 0.6) is 0 Å². The molecule has 0 spiro atoms. The summed E-state index contributed by atoms with van der Waals surface area (Å²) in [6.07, 6.45) is 2.13. The summed E-state index contributed by atoms with van der Waals surface area (Å²) in [5, 5.41) is 9.04. The van der Waals surface area contributed by atoms with Gasteiger partial charge < -0.3 is 14.8 Å². The third-order valence-electron chi connectivity index (χ3n) is 4.10. The van der Waals surface area contributed by atoms with Crippen LogP contribution in [0.1, 0.15) is 19.3 Å². The van der Waals surface area contributed by atoms with Crippen LogP contribution in [0, 0.1) is 11.3 Å². The normalized spacial score (nSPS) is 12.0. The summed E-state index contributed by atoms with van der Waals surface area (Å²) in [7, 11) is 3.95. The van der Waals surface area contributed by atoms with E-state index in [4.69, 9.17) is 5.26 Å². The van der Waals surface area contributed by atoms with E-state index >= 15 is 0 Å². The molecule has 1 aromatic carbocycles. The van der Waals surface area contributed by atoms with Crippen LogP contribution < -0.4 is 26.2 Å². The first-order valence-electron chi connectivity index (χ1n) is 8.15. The fraction of sp³-hybridized carbons (Fsp3) is 0.333. The largest absolute Gasteiger partial charge is 0.378 e. The molecule has 2 heterocycles. The Morgan fingerprint density at radius 1 is 1.36 bits per heavy atom. The molecule has 0 saturated carbocycles. The van der Waals surface area contributed by atoms with E-state index in [1.165, 1.54) is 0 Å². The van der Waals surface area contributed by atoms with Crippen molar-refractivity contribution >= 4 is 29.5 Å². The third kappa shape index (κ3) is 3.24. The maximum absolute atomic E-state index is 12.3. The van der Waals surface area contributed by atoms with Crippen molar-refractivity contribution in [1.82, 2.24) is 9.97 Å². The lowest BCUT2D eigenvalue weighted by Crippen LogP contribution is -2.42. The SMILES string of the molecule is C=c1nc2c(c(=O)[nH]1)=Nc1ccc(N(C)C)cc1N2CCCCC#N. The van der Waals surface area contributed by atoms with Gasteiger partial charge in [-0.15, -0.1) is 0 Å². The smallest absolute Gasteiger partial charge is 0.279 e. The Labute approximate surface area is 145 Å². The van der Waals surface area contributed by atoms with Gasteiger partial charge in [-0.1, -0.05) is 6.58 Å². The number of aromatic amines is 1. The molecule has 128 valence electrons. The van der Waals surface area contributed by atoms with Gasteiger partial charge in [0.1, 0.15) is 5.48 Å². The van der Waals surface area contributed by atoms with E-state index in [2.05, 4.69) is 27.6 Å². The first-order valence-corrected chi connectivity index (χ1v) is 8.15. The maximum atomic E-state index is 12.3. The van der Waals surface area contributed by atoms with E-state index in [1.54, 1.807) is 0 Å². The van der Waals surface area contributed by atoms with Crippen molar-refractivity contribution in [2.24, 2.45) is 4.99 Å². The van der Waals surface area contributed by atoms with Gasteiger partial charge in [0, 0.05) is 32.7 Å². The lowest BCUT2D eigenvalue weighted by Gasteiger charge is -2.29. The van der Waals surface area contributed by atoms with Gasteiger partial charge in [0.25, 0.3) is 5.56 Å². The number of nitrogens with one attached hydrogen (secondary N) is 1. The Hall–Kier alpha value is -3.14. The second-order valence-corrected chi connectivity index (χ2v) is 6.13. The molecular weight excluding hydrogens is 316 g/mol. The topological polar surface area (TPSA) is 88.4 Å². The molecule has 0 bridgehead atoms. The van der Waals surface area contributed by atoms with Crippen molar-refractivity contribution < 1.29 is 0 Å². The highest BCUT2D eigenvalue weighted by atomic mass is 16.1. The van der Waals surface area contributed by atoms with Crippen LogP contribution in [0.2, 0.25) is 0 Å². The molecule has 0 radical (unpaired) electrons. The van der Waals surface area contributed by atoms with Crippen molar-refractivity contribution in [1.29, 1.82) is 5.26 Å². The number of fused-ring (bicyclic) bond motifs is 2. The van der Waals surface area contributed by atoms with Gasteiger partial charge >= 0.3 is 0 Å². The molecule has 0 amide bonds. The predicted molar refractivity (Wildman–Crippen MR) is 98.1 cm³/mol. The number of H-pyrrole nitrogens is 1. The molecule has 0 unspecified atom stereocenters. The molecule has 0 aliphatic carbocycles. The third-order valence-corrected chi connectivity index (χ3v) is 4.10. The summed E-state index contributed by atoms with van der Waals surface area (Å²) in [5.74, 6) is 0.522. The minimum absolute atomic E-state index is 0.292. The summed E-state index contributed by atoms with van der Waals surface area (Å²) < 4.78 is 0. The molecule has 1 aromatic heterocycles. The lowest BCUT2D eigenvalue weighted by molar-refractivity contribution is 0.736. The van der Waals surface area contributed by atoms with E-state index in [9.17, 15) is 4.79 Å². The summed E-state index contributed by atoms with van der Waals surface area (Å²) in [5.41, 5.74) is 2.71. The Morgan fingerprint density at radius 3 is 2.88 bits per heavy atom. The highest BCUT2D eigenvalue weighted by molar-refractivity contribution is 5.79. The first kappa shape index (κ1) is 16.7. The van der Waals surface area contributed by atoms with E-state index < -0.39 is 0 Å². The highest BCUT2D eigenvalue weighted by Gasteiger charge is 2.23. The standard InChI is InChI=1S/C18H20N6O/c1-12-20-17-16(18(25)21-12)22-14-8-7-13(23(2)3)11-15(14)24(17)10-6-4-5-9-19/h7-8,11H,1,4-6,10H2,2-3H3,(H,21,25). The number of hydrogen-bond donors (Lipinski definition) is 1. The van der Waals surface area contributed by atoms with E-state index in [0.29, 0.717) is 29.6 Å². The predicted octanol–water partition coefficient (Wildman–Crippen LogP) is 1.34. The Morgan fingerprint density at radius 2 is 2.16 bits per heavy atom. The zero-order valence-corrected chi connectivity index (χ0v) is 14.4. The van der Waals surface area contributed by atoms with Gasteiger partial charge in [-0.25, -0.2) is 9.98 Å². The summed E-state index contributed by atoms with van der Waals surface area (Å²) in [6.45, 7) is 4.41. The maximum Gasteiger partial charge on any atom is 0.279 e. The van der Waals surface area contributed by atoms with Crippen molar-refractivity contribution in [3.63, 3.8) is 0 Å². The van der Waals surface area contributed by atoms with Crippen molar-refractivity contribution in [3.8, 4) is 6.07 Å². The molecular formula is C18H20N6O. The second kappa shape index (κ2) is 6.77. The number of rotatable bonds is 5. The quantitative estimate of drug-likeness (QED) is 0.833. The number of aromatic nitrogens is 2. The molecule has 1 aliphatic rings. The summed E-state index contributed by atoms with van der Waals surface area (Å²) in [6, 6.07) is 8.08. The minimum Gasteiger partial charge on any atom is -0.378 e. The Bertz CT molecular complexity index is 1000. The summed E-state index contributed by atoms with van der Waals surface area (Å²) >= 11 is 0. The van der Waals surface area contributed by atoms with Gasteiger partial charge in [-0.2, -0.15) is 5.26 Å². The van der Waals surface area contributed by atoms with Crippen molar-refractivity contribution in [3.05, 3.63) is 39.4 Å². The van der Waals surface area contributed by atoms with Gasteiger partial charge in [0.05, 0.1) is 17.4 Å². The molecule has 1 N–H and O–H groups in total. The molecule has 0 atom stereocenters. The number of anilines is 3. The molecule has 0 saturated heterocycles. The van der Waals surface area contributed by atoms with Crippen molar-refractivity contribution in [2.45, 2.75) is 19.3 Å². The Balaban J connectivity index is 2.14.